The molecule has 18 heavy (non-hydrogen) atoms. The third kappa shape index (κ3) is 2.98. The summed E-state index contributed by atoms with van der Waals surface area (Å²) in [7, 11) is 0. The largest absolute Gasteiger partial charge is 0.383 e. The highest BCUT2D eigenvalue weighted by molar-refractivity contribution is 7.12. The van der Waals surface area contributed by atoms with Crippen LogP contribution in [-0.2, 0) is 5.60 Å². The number of thiophene rings is 2. The third-order valence-corrected chi connectivity index (χ3v) is 4.77. The molecule has 0 aliphatic heterocycles. The van der Waals surface area contributed by atoms with Crippen LogP contribution in [-0.4, -0.2) is 17.6 Å². The van der Waals surface area contributed by atoms with Crippen LogP contribution in [0, 0.1) is 6.92 Å². The Bertz CT molecular complexity index is 529. The molecule has 5 heteroatoms. The van der Waals surface area contributed by atoms with Crippen molar-refractivity contribution in [1.29, 1.82) is 0 Å². The maximum absolute atomic E-state index is 11.9. The monoisotopic (exact) mass is 281 g/mol. The van der Waals surface area contributed by atoms with Gasteiger partial charge in [0.05, 0.1) is 11.4 Å². The summed E-state index contributed by atoms with van der Waals surface area (Å²) >= 11 is 2.90. The second kappa shape index (κ2) is 5.22. The van der Waals surface area contributed by atoms with Crippen molar-refractivity contribution in [1.82, 2.24) is 5.32 Å². The molecule has 3 nitrogen and oxygen atoms in total. The lowest BCUT2D eigenvalue weighted by molar-refractivity contribution is 0.0558. The van der Waals surface area contributed by atoms with Gasteiger partial charge in [0.15, 0.2) is 0 Å². The number of rotatable bonds is 4. The minimum atomic E-state index is -1.02. The molecule has 0 radical (unpaired) electrons. The van der Waals surface area contributed by atoms with E-state index < -0.39 is 5.60 Å². The number of carbonyl (C=O) groups is 1. The van der Waals surface area contributed by atoms with Gasteiger partial charge in [0.1, 0.15) is 5.60 Å². The molecular weight excluding hydrogens is 266 g/mol. The summed E-state index contributed by atoms with van der Waals surface area (Å²) in [6, 6.07) is 5.60. The molecule has 1 atom stereocenters. The number of aryl methyl sites for hydroxylation is 1. The average Bonchev–Trinajstić information content (AvgIpc) is 2.96. The third-order valence-electron chi connectivity index (χ3n) is 2.60. The Kier molecular flexibility index (Phi) is 3.85. The van der Waals surface area contributed by atoms with Crippen LogP contribution in [0.2, 0.25) is 0 Å². The Morgan fingerprint density at radius 3 is 2.83 bits per heavy atom. The number of carbonyl (C=O) groups excluding carboxylic acids is 1. The van der Waals surface area contributed by atoms with Crippen molar-refractivity contribution in [2.24, 2.45) is 0 Å². The SMILES string of the molecule is Cc1csc(C(=O)NC[C@@](C)(O)c2cccs2)c1. The van der Waals surface area contributed by atoms with Crippen LogP contribution in [0.15, 0.2) is 29.0 Å². The molecule has 0 saturated carbocycles. The molecule has 0 aromatic carbocycles. The van der Waals surface area contributed by atoms with Crippen LogP contribution in [0.25, 0.3) is 0 Å². The second-order valence-electron chi connectivity index (χ2n) is 4.42. The van der Waals surface area contributed by atoms with Gasteiger partial charge in [-0.15, -0.1) is 22.7 Å². The minimum Gasteiger partial charge on any atom is -0.383 e. The zero-order chi connectivity index (χ0) is 13.2. The Morgan fingerprint density at radius 1 is 1.50 bits per heavy atom. The zero-order valence-electron chi connectivity index (χ0n) is 10.3. The van der Waals surface area contributed by atoms with Gasteiger partial charge in [-0.05, 0) is 42.3 Å². The second-order valence-corrected chi connectivity index (χ2v) is 6.28. The summed E-state index contributed by atoms with van der Waals surface area (Å²) in [5.41, 5.74) is 0.0611. The van der Waals surface area contributed by atoms with Crippen LogP contribution >= 0.6 is 22.7 Å². The first-order valence-electron chi connectivity index (χ1n) is 5.59. The van der Waals surface area contributed by atoms with Crippen LogP contribution in [0.1, 0.15) is 27.0 Å². The van der Waals surface area contributed by atoms with E-state index in [1.807, 2.05) is 35.9 Å². The topological polar surface area (TPSA) is 49.3 Å². The van der Waals surface area contributed by atoms with Gasteiger partial charge in [0.2, 0.25) is 0 Å². The first kappa shape index (κ1) is 13.3. The predicted octanol–water partition coefficient (Wildman–Crippen LogP) is 2.76. The number of aliphatic hydroxyl groups is 1. The highest BCUT2D eigenvalue weighted by Gasteiger charge is 2.25. The van der Waals surface area contributed by atoms with Gasteiger partial charge in [-0.1, -0.05) is 6.07 Å². The fraction of sp³-hybridized carbons (Fsp3) is 0.308. The fourth-order valence-corrected chi connectivity index (χ4v) is 3.16. The Morgan fingerprint density at radius 2 is 2.28 bits per heavy atom. The number of nitrogens with one attached hydrogen (secondary N) is 1. The summed E-state index contributed by atoms with van der Waals surface area (Å²) in [4.78, 5) is 13.4. The quantitative estimate of drug-likeness (QED) is 0.905. The van der Waals surface area contributed by atoms with Crippen LogP contribution in [0.4, 0.5) is 0 Å². The van der Waals surface area contributed by atoms with E-state index in [9.17, 15) is 9.90 Å². The molecule has 0 saturated heterocycles. The van der Waals surface area contributed by atoms with E-state index in [1.165, 1.54) is 22.7 Å². The number of hydrogen-bond acceptors (Lipinski definition) is 4. The van der Waals surface area contributed by atoms with Crippen molar-refractivity contribution in [3.05, 3.63) is 44.3 Å². The van der Waals surface area contributed by atoms with Gasteiger partial charge >= 0.3 is 0 Å². The standard InChI is InChI=1S/C13H15NO2S2/c1-9-6-10(18-7-9)12(15)14-8-13(2,16)11-4-3-5-17-11/h3-7,16H,8H2,1-2H3,(H,14,15)/t13-/m1/s1. The van der Waals surface area contributed by atoms with E-state index in [4.69, 9.17) is 0 Å². The molecule has 2 aromatic heterocycles. The zero-order valence-corrected chi connectivity index (χ0v) is 11.9. The van der Waals surface area contributed by atoms with Crippen molar-refractivity contribution >= 4 is 28.6 Å². The maximum atomic E-state index is 11.9. The summed E-state index contributed by atoms with van der Waals surface area (Å²) in [6.45, 7) is 3.87. The number of amides is 1. The van der Waals surface area contributed by atoms with E-state index in [-0.39, 0.29) is 12.5 Å². The molecule has 2 heterocycles. The molecular formula is C13H15NO2S2. The average molecular weight is 281 g/mol. The number of hydrogen-bond donors (Lipinski definition) is 2. The van der Waals surface area contributed by atoms with E-state index in [1.54, 1.807) is 6.92 Å². The van der Waals surface area contributed by atoms with Gasteiger partial charge in [-0.3, -0.25) is 4.79 Å². The summed E-state index contributed by atoms with van der Waals surface area (Å²) in [6.07, 6.45) is 0. The summed E-state index contributed by atoms with van der Waals surface area (Å²) in [5, 5.41) is 16.9. The molecule has 0 aliphatic rings. The first-order chi connectivity index (χ1) is 8.49. The van der Waals surface area contributed by atoms with Crippen molar-refractivity contribution < 1.29 is 9.90 Å². The molecule has 0 aliphatic carbocycles. The lowest BCUT2D eigenvalue weighted by atomic mass is 10.1. The van der Waals surface area contributed by atoms with Crippen molar-refractivity contribution in [2.75, 3.05) is 6.54 Å². The van der Waals surface area contributed by atoms with E-state index >= 15 is 0 Å². The molecule has 0 fully saturated rings. The van der Waals surface area contributed by atoms with Gasteiger partial charge in [-0.2, -0.15) is 0 Å². The molecule has 96 valence electrons. The maximum Gasteiger partial charge on any atom is 0.261 e. The van der Waals surface area contributed by atoms with E-state index in [0.29, 0.717) is 4.88 Å². The molecule has 0 bridgehead atoms. The van der Waals surface area contributed by atoms with Gasteiger partial charge in [0.25, 0.3) is 5.91 Å². The van der Waals surface area contributed by atoms with Crippen LogP contribution < -0.4 is 5.32 Å². The Balaban J connectivity index is 1.98. The van der Waals surface area contributed by atoms with Crippen molar-refractivity contribution in [3.63, 3.8) is 0 Å². The van der Waals surface area contributed by atoms with Gasteiger partial charge < -0.3 is 10.4 Å². The van der Waals surface area contributed by atoms with Crippen molar-refractivity contribution in [3.8, 4) is 0 Å². The Hall–Kier alpha value is -1.17. The highest BCUT2D eigenvalue weighted by atomic mass is 32.1. The van der Waals surface area contributed by atoms with E-state index in [0.717, 1.165) is 10.4 Å². The lowest BCUT2D eigenvalue weighted by Crippen LogP contribution is -2.37. The molecule has 2 N–H and O–H groups in total. The van der Waals surface area contributed by atoms with Crippen molar-refractivity contribution in [2.45, 2.75) is 19.4 Å². The smallest absolute Gasteiger partial charge is 0.261 e. The first-order valence-corrected chi connectivity index (χ1v) is 7.35. The van der Waals surface area contributed by atoms with Crippen LogP contribution in [0.3, 0.4) is 0 Å². The fourth-order valence-electron chi connectivity index (χ4n) is 1.56. The highest BCUT2D eigenvalue weighted by Crippen LogP contribution is 2.24. The Labute approximate surface area is 114 Å². The van der Waals surface area contributed by atoms with E-state index in [2.05, 4.69) is 5.32 Å². The molecule has 2 aromatic rings. The molecule has 0 spiro atoms. The molecule has 2 rings (SSSR count). The summed E-state index contributed by atoms with van der Waals surface area (Å²) in [5.74, 6) is -0.134. The predicted molar refractivity (Wildman–Crippen MR) is 75.3 cm³/mol. The molecule has 0 unspecified atom stereocenters. The minimum absolute atomic E-state index is 0.134. The van der Waals surface area contributed by atoms with Gasteiger partial charge in [0, 0.05) is 4.88 Å². The summed E-state index contributed by atoms with van der Waals surface area (Å²) < 4.78 is 0. The lowest BCUT2D eigenvalue weighted by Gasteiger charge is -2.22. The molecule has 1 amide bonds. The normalized spacial score (nSPS) is 14.2. The van der Waals surface area contributed by atoms with Crippen LogP contribution in [0.5, 0.6) is 0 Å². The van der Waals surface area contributed by atoms with Gasteiger partial charge in [-0.25, -0.2) is 0 Å².